The number of ether oxygens (including phenoxy) is 2. The maximum absolute atomic E-state index is 12.0. The van der Waals surface area contributed by atoms with Gasteiger partial charge >= 0.3 is 18.0 Å². The van der Waals surface area contributed by atoms with E-state index in [1.165, 1.54) is 0 Å². The van der Waals surface area contributed by atoms with Crippen LogP contribution in [0.15, 0.2) is 30.3 Å². The van der Waals surface area contributed by atoms with Gasteiger partial charge in [-0.15, -0.1) is 0 Å². The molecule has 0 radical (unpaired) electrons. The lowest BCUT2D eigenvalue weighted by Gasteiger charge is -2.17. The van der Waals surface area contributed by atoms with E-state index in [2.05, 4.69) is 5.32 Å². The van der Waals surface area contributed by atoms with Crippen molar-refractivity contribution in [2.24, 2.45) is 0 Å². The van der Waals surface area contributed by atoms with Gasteiger partial charge in [-0.2, -0.15) is 0 Å². The van der Waals surface area contributed by atoms with Crippen LogP contribution in [0, 0.1) is 0 Å². The summed E-state index contributed by atoms with van der Waals surface area (Å²) < 4.78 is 10.1. The summed E-state index contributed by atoms with van der Waals surface area (Å²) in [7, 11) is 0. The Morgan fingerprint density at radius 1 is 1.17 bits per heavy atom. The SMILES string of the molecule is CCCCOC(=O)C(CCC(=O)O)NC(=O)OCc1ccccc1. The zero-order valence-corrected chi connectivity index (χ0v) is 13.7. The third-order valence-electron chi connectivity index (χ3n) is 3.18. The quantitative estimate of drug-likeness (QED) is 0.502. The third kappa shape index (κ3) is 8.17. The minimum Gasteiger partial charge on any atom is -0.481 e. The van der Waals surface area contributed by atoms with Crippen LogP contribution in [0.3, 0.4) is 0 Å². The van der Waals surface area contributed by atoms with Gasteiger partial charge < -0.3 is 19.9 Å². The van der Waals surface area contributed by atoms with Gasteiger partial charge in [0, 0.05) is 6.42 Å². The van der Waals surface area contributed by atoms with E-state index in [1.54, 1.807) is 12.1 Å². The molecule has 0 aliphatic heterocycles. The molecule has 1 atom stereocenters. The van der Waals surface area contributed by atoms with Crippen molar-refractivity contribution >= 4 is 18.0 Å². The summed E-state index contributed by atoms with van der Waals surface area (Å²) in [6.45, 7) is 2.25. The van der Waals surface area contributed by atoms with Crippen LogP contribution in [0.5, 0.6) is 0 Å². The van der Waals surface area contributed by atoms with Gasteiger partial charge in [-0.3, -0.25) is 4.79 Å². The fourth-order valence-corrected chi connectivity index (χ4v) is 1.84. The number of carbonyl (C=O) groups is 3. The van der Waals surface area contributed by atoms with Crippen molar-refractivity contribution in [1.29, 1.82) is 0 Å². The molecule has 0 aliphatic carbocycles. The highest BCUT2D eigenvalue weighted by Crippen LogP contribution is 2.04. The molecule has 0 saturated carbocycles. The number of benzene rings is 1. The van der Waals surface area contributed by atoms with Crippen molar-refractivity contribution in [3.8, 4) is 0 Å². The summed E-state index contributed by atoms with van der Waals surface area (Å²) in [5, 5.41) is 11.1. The third-order valence-corrected chi connectivity index (χ3v) is 3.18. The molecule has 0 bridgehead atoms. The van der Waals surface area contributed by atoms with E-state index in [9.17, 15) is 14.4 Å². The minimum atomic E-state index is -1.05. The molecule has 24 heavy (non-hydrogen) atoms. The van der Waals surface area contributed by atoms with Crippen LogP contribution in [0.1, 0.15) is 38.2 Å². The van der Waals surface area contributed by atoms with Crippen LogP contribution in [0.4, 0.5) is 4.79 Å². The number of aliphatic carboxylic acids is 1. The van der Waals surface area contributed by atoms with Crippen LogP contribution in [0.2, 0.25) is 0 Å². The molecule has 0 heterocycles. The van der Waals surface area contributed by atoms with E-state index in [4.69, 9.17) is 14.6 Å². The van der Waals surface area contributed by atoms with Crippen molar-refractivity contribution in [3.63, 3.8) is 0 Å². The van der Waals surface area contributed by atoms with Gasteiger partial charge in [0.2, 0.25) is 0 Å². The van der Waals surface area contributed by atoms with Crippen molar-refractivity contribution in [2.45, 2.75) is 45.3 Å². The highest BCUT2D eigenvalue weighted by atomic mass is 16.6. The molecule has 0 fully saturated rings. The first-order valence-electron chi connectivity index (χ1n) is 7.88. The van der Waals surface area contributed by atoms with Gasteiger partial charge in [0.15, 0.2) is 0 Å². The number of carboxylic acid groups (broad SMARTS) is 1. The van der Waals surface area contributed by atoms with Crippen LogP contribution in [-0.4, -0.2) is 35.8 Å². The number of hydrogen-bond acceptors (Lipinski definition) is 5. The Morgan fingerprint density at radius 3 is 2.50 bits per heavy atom. The first kappa shape index (κ1) is 19.5. The van der Waals surface area contributed by atoms with Crippen molar-refractivity contribution in [2.75, 3.05) is 6.61 Å². The summed E-state index contributed by atoms with van der Waals surface area (Å²) >= 11 is 0. The number of hydrogen-bond donors (Lipinski definition) is 2. The van der Waals surface area contributed by atoms with E-state index in [0.717, 1.165) is 12.0 Å². The molecule has 1 aromatic carbocycles. The van der Waals surface area contributed by atoms with Gasteiger partial charge in [0.05, 0.1) is 6.61 Å². The Morgan fingerprint density at radius 2 is 1.88 bits per heavy atom. The lowest BCUT2D eigenvalue weighted by Crippen LogP contribution is -2.42. The smallest absolute Gasteiger partial charge is 0.408 e. The van der Waals surface area contributed by atoms with Crippen molar-refractivity contribution in [3.05, 3.63) is 35.9 Å². The Bertz CT molecular complexity index is 531. The van der Waals surface area contributed by atoms with E-state index < -0.39 is 24.1 Å². The van der Waals surface area contributed by atoms with E-state index in [1.807, 2.05) is 25.1 Å². The van der Waals surface area contributed by atoms with Crippen molar-refractivity contribution < 1.29 is 29.0 Å². The monoisotopic (exact) mass is 337 g/mol. The number of amides is 1. The topological polar surface area (TPSA) is 102 Å². The van der Waals surface area contributed by atoms with Gasteiger partial charge in [-0.1, -0.05) is 43.7 Å². The Labute approximate surface area is 141 Å². The second-order valence-corrected chi connectivity index (χ2v) is 5.21. The van der Waals surface area contributed by atoms with Crippen LogP contribution >= 0.6 is 0 Å². The van der Waals surface area contributed by atoms with Crippen LogP contribution in [-0.2, 0) is 25.7 Å². The van der Waals surface area contributed by atoms with E-state index in [0.29, 0.717) is 6.42 Å². The van der Waals surface area contributed by atoms with E-state index >= 15 is 0 Å². The first-order chi connectivity index (χ1) is 11.5. The number of rotatable bonds is 10. The Kier molecular flexibility index (Phi) is 8.96. The molecule has 1 aromatic rings. The molecule has 132 valence electrons. The molecule has 0 spiro atoms. The van der Waals surface area contributed by atoms with Gasteiger partial charge in [-0.05, 0) is 18.4 Å². The summed E-state index contributed by atoms with van der Waals surface area (Å²) in [4.78, 5) is 34.5. The summed E-state index contributed by atoms with van der Waals surface area (Å²) in [6.07, 6.45) is 0.463. The number of alkyl carbamates (subject to hydrolysis) is 1. The minimum absolute atomic E-state index is 0.0548. The summed E-state index contributed by atoms with van der Waals surface area (Å²) in [5.74, 6) is -1.71. The summed E-state index contributed by atoms with van der Waals surface area (Å²) in [5.41, 5.74) is 0.806. The van der Waals surface area contributed by atoms with Crippen molar-refractivity contribution in [1.82, 2.24) is 5.32 Å². The molecule has 0 aliphatic rings. The number of esters is 1. The number of nitrogens with one attached hydrogen (secondary N) is 1. The number of carboxylic acids is 1. The molecule has 2 N–H and O–H groups in total. The molecule has 7 heteroatoms. The van der Waals surface area contributed by atoms with Crippen LogP contribution < -0.4 is 5.32 Å². The van der Waals surface area contributed by atoms with Gasteiger partial charge in [0.25, 0.3) is 0 Å². The molecule has 1 rings (SSSR count). The molecular formula is C17H23NO6. The Balaban J connectivity index is 2.50. The Hall–Kier alpha value is -2.57. The molecular weight excluding hydrogens is 314 g/mol. The predicted octanol–water partition coefficient (Wildman–Crippen LogP) is 2.49. The maximum Gasteiger partial charge on any atom is 0.408 e. The first-order valence-corrected chi connectivity index (χ1v) is 7.88. The predicted molar refractivity (Wildman–Crippen MR) is 86.3 cm³/mol. The average molecular weight is 337 g/mol. The fourth-order valence-electron chi connectivity index (χ4n) is 1.84. The fraction of sp³-hybridized carbons (Fsp3) is 0.471. The molecule has 0 saturated heterocycles. The van der Waals surface area contributed by atoms with E-state index in [-0.39, 0.29) is 26.1 Å². The summed E-state index contributed by atoms with van der Waals surface area (Å²) in [6, 6.07) is 8.04. The van der Waals surface area contributed by atoms with Crippen LogP contribution in [0.25, 0.3) is 0 Å². The standard InChI is InChI=1S/C17H23NO6/c1-2-3-11-23-16(21)14(9-10-15(19)20)18-17(22)24-12-13-7-5-4-6-8-13/h4-8,14H,2-3,9-12H2,1H3,(H,18,22)(H,19,20). The zero-order chi connectivity index (χ0) is 17.8. The zero-order valence-electron chi connectivity index (χ0n) is 13.7. The lowest BCUT2D eigenvalue weighted by atomic mass is 10.1. The second kappa shape index (κ2) is 11.0. The molecule has 1 amide bonds. The molecule has 7 nitrogen and oxygen atoms in total. The highest BCUT2D eigenvalue weighted by Gasteiger charge is 2.23. The number of unbranched alkanes of at least 4 members (excludes halogenated alkanes) is 1. The second-order valence-electron chi connectivity index (χ2n) is 5.21. The number of carbonyl (C=O) groups excluding carboxylic acids is 2. The molecule has 1 unspecified atom stereocenters. The maximum atomic E-state index is 12.0. The average Bonchev–Trinajstić information content (AvgIpc) is 2.57. The molecule has 0 aromatic heterocycles. The lowest BCUT2D eigenvalue weighted by molar-refractivity contribution is -0.146. The van der Waals surface area contributed by atoms with Gasteiger partial charge in [0.1, 0.15) is 12.6 Å². The highest BCUT2D eigenvalue weighted by molar-refractivity contribution is 5.82. The van der Waals surface area contributed by atoms with Gasteiger partial charge in [-0.25, -0.2) is 9.59 Å². The normalized spacial score (nSPS) is 11.4. The largest absolute Gasteiger partial charge is 0.481 e.